The van der Waals surface area contributed by atoms with Crippen LogP contribution in [0.4, 0.5) is 52.7 Å². The van der Waals surface area contributed by atoms with Crippen LogP contribution in [0.1, 0.15) is 86.7 Å². The number of aryl methyl sites for hydroxylation is 3. The van der Waals surface area contributed by atoms with Crippen LogP contribution in [0.2, 0.25) is 0 Å². The molecule has 0 bridgehead atoms. The predicted octanol–water partition coefficient (Wildman–Crippen LogP) is 13.4. The quantitative estimate of drug-likeness (QED) is 0.0875. The van der Waals surface area contributed by atoms with Gasteiger partial charge >= 0.3 is 25.4 Å². The average Bonchev–Trinajstić information content (AvgIpc) is 3.84. The standard InChI is InChI=1S/C24H24F6N2O4S.C19H17F6NO3S.C5H7NO/c1-15-11-20(36-31-15)14-22(32-37(33)21(2,3)4,16-7-5-9-18(12-16)34-23(25,26)27)17-8-6-10-19(13-17)35-24(28,29)30;1-17(2,3)30(27)26-16(12-6-4-8-14(10-12)28-18(20,21)22)13-7-5-9-15(11-13)29-19(23,24)25;1-4-3-5(2)7-6-4/h5-13,32H,14H2,1-4H3;4-11H,1-3H3;3H,1-2H3/t37-;30-;/m11./s1. The van der Waals surface area contributed by atoms with Crippen LogP contribution in [-0.2, 0) is 33.9 Å². The van der Waals surface area contributed by atoms with Crippen LogP contribution in [0.25, 0.3) is 0 Å². The zero-order valence-corrected chi connectivity index (χ0v) is 42.2. The molecule has 26 heteroatoms. The van der Waals surface area contributed by atoms with Gasteiger partial charge in [0.1, 0.15) is 45.5 Å². The Morgan fingerprint density at radius 1 is 0.527 bits per heavy atom. The number of nitrogens with zero attached hydrogens (tertiary/aromatic N) is 3. The van der Waals surface area contributed by atoms with Gasteiger partial charge in [0.05, 0.1) is 43.1 Å². The third kappa shape index (κ3) is 19.8. The third-order valence-corrected chi connectivity index (χ3v) is 12.2. The van der Waals surface area contributed by atoms with Gasteiger partial charge in [-0.1, -0.05) is 58.8 Å². The van der Waals surface area contributed by atoms with Gasteiger partial charge in [-0.2, -0.15) is 4.40 Å². The predicted molar refractivity (Wildman–Crippen MR) is 249 cm³/mol. The molecule has 0 radical (unpaired) electrons. The van der Waals surface area contributed by atoms with Crippen molar-refractivity contribution in [1.29, 1.82) is 0 Å². The van der Waals surface area contributed by atoms with Crippen molar-refractivity contribution in [3.05, 3.63) is 154 Å². The zero-order chi connectivity index (χ0) is 55.7. The van der Waals surface area contributed by atoms with Crippen LogP contribution < -0.4 is 23.7 Å². The summed E-state index contributed by atoms with van der Waals surface area (Å²) in [6.07, 6.45) is -20.0. The maximum Gasteiger partial charge on any atom is 0.573 e. The first-order valence-corrected chi connectivity index (χ1v) is 23.6. The van der Waals surface area contributed by atoms with Crippen molar-refractivity contribution >= 4 is 27.7 Å². The SMILES string of the molecule is CC(C)(C)[S@@](=O)N=C(c1cccc(OC(F)(F)F)c1)c1cccc(OC(F)(F)F)c1.Cc1cc(C)on1.Cc1cc(CC(N[S@](=O)C(C)(C)C)(c2cccc(OC(F)(F)F)c2)c2cccc(OC(F)(F)F)c2)on1. The monoisotopic (exact) mass is 1100 g/mol. The topological polar surface area (TPSA) is 148 Å². The van der Waals surface area contributed by atoms with Gasteiger partial charge in [-0.15, -0.1) is 52.7 Å². The highest BCUT2D eigenvalue weighted by Crippen LogP contribution is 2.40. The largest absolute Gasteiger partial charge is 0.573 e. The highest BCUT2D eigenvalue weighted by molar-refractivity contribution is 7.85. The maximum atomic E-state index is 13.4. The number of halogens is 12. The maximum absolute atomic E-state index is 13.4. The molecule has 2 atom stereocenters. The Bertz CT molecular complexity index is 2750. The molecule has 4 aromatic carbocycles. The van der Waals surface area contributed by atoms with E-state index in [1.54, 1.807) is 54.5 Å². The van der Waals surface area contributed by atoms with Crippen molar-refractivity contribution in [2.24, 2.45) is 4.40 Å². The van der Waals surface area contributed by atoms with Gasteiger partial charge in [0.25, 0.3) is 0 Å². The van der Waals surface area contributed by atoms with Crippen LogP contribution in [0.15, 0.2) is 123 Å². The van der Waals surface area contributed by atoms with Crippen LogP contribution in [0, 0.1) is 20.8 Å². The number of hydrogen-bond acceptors (Lipinski definition) is 10. The van der Waals surface area contributed by atoms with Gasteiger partial charge in [0.15, 0.2) is 0 Å². The molecule has 74 heavy (non-hydrogen) atoms. The first-order valence-electron chi connectivity index (χ1n) is 21.4. The van der Waals surface area contributed by atoms with E-state index in [1.807, 2.05) is 19.9 Å². The molecular weight excluding hydrogens is 1050 g/mol. The molecule has 6 rings (SSSR count). The number of rotatable bonds is 13. The smallest absolute Gasteiger partial charge is 0.406 e. The number of ether oxygens (including phenoxy) is 4. The second-order valence-corrected chi connectivity index (χ2v) is 21.6. The number of nitrogens with one attached hydrogen (secondary N) is 1. The van der Waals surface area contributed by atoms with Crippen molar-refractivity contribution in [3.63, 3.8) is 0 Å². The molecule has 2 heterocycles. The van der Waals surface area contributed by atoms with E-state index < -0.39 is 85.5 Å². The molecule has 0 aliphatic rings. The Kier molecular flexibility index (Phi) is 19.4. The number of alkyl halides is 12. The second kappa shape index (κ2) is 23.9. The summed E-state index contributed by atoms with van der Waals surface area (Å²) in [6, 6.07) is 22.6. The molecule has 0 amide bonds. The lowest BCUT2D eigenvalue weighted by atomic mass is 9.80. The Hall–Kier alpha value is -6.41. The van der Waals surface area contributed by atoms with Crippen molar-refractivity contribution < 1.29 is 89.1 Å². The van der Waals surface area contributed by atoms with Gasteiger partial charge in [-0.25, -0.2) is 13.1 Å². The number of aromatic nitrogens is 2. The molecule has 0 unspecified atom stereocenters. The fourth-order valence-electron chi connectivity index (χ4n) is 6.18. The van der Waals surface area contributed by atoms with Crippen molar-refractivity contribution in [3.8, 4) is 23.0 Å². The Morgan fingerprint density at radius 2 is 0.905 bits per heavy atom. The van der Waals surface area contributed by atoms with Gasteiger partial charge in [-0.3, -0.25) is 0 Å². The average molecular weight is 1100 g/mol. The summed E-state index contributed by atoms with van der Waals surface area (Å²) < 4.78 is 210. The molecular formula is C48H48F12N4O8S2. The van der Waals surface area contributed by atoms with E-state index in [2.05, 4.69) is 38.4 Å². The van der Waals surface area contributed by atoms with E-state index in [0.717, 1.165) is 60.0 Å². The summed E-state index contributed by atoms with van der Waals surface area (Å²) in [5.74, 6) is -1.16. The zero-order valence-electron chi connectivity index (χ0n) is 40.6. The lowest BCUT2D eigenvalue weighted by Gasteiger charge is -2.37. The summed E-state index contributed by atoms with van der Waals surface area (Å²) in [6.45, 7) is 15.3. The van der Waals surface area contributed by atoms with E-state index in [0.29, 0.717) is 5.69 Å². The minimum atomic E-state index is -4.99. The van der Waals surface area contributed by atoms with Crippen LogP contribution in [0.5, 0.6) is 23.0 Å². The lowest BCUT2D eigenvalue weighted by Crippen LogP contribution is -2.50. The lowest BCUT2D eigenvalue weighted by molar-refractivity contribution is -0.275. The fourth-order valence-corrected chi connectivity index (χ4v) is 7.76. The molecule has 0 spiro atoms. The van der Waals surface area contributed by atoms with Gasteiger partial charge in [0, 0.05) is 29.7 Å². The first kappa shape index (κ1) is 60.1. The molecule has 0 aliphatic heterocycles. The van der Waals surface area contributed by atoms with Crippen LogP contribution >= 0.6 is 0 Å². The van der Waals surface area contributed by atoms with Crippen LogP contribution in [-0.4, -0.2) is 59.4 Å². The highest BCUT2D eigenvalue weighted by atomic mass is 32.2. The summed E-state index contributed by atoms with van der Waals surface area (Å²) in [7, 11) is -3.72. The van der Waals surface area contributed by atoms with E-state index >= 15 is 0 Å². The van der Waals surface area contributed by atoms with Crippen molar-refractivity contribution in [2.75, 3.05) is 0 Å². The van der Waals surface area contributed by atoms with Crippen LogP contribution in [0.3, 0.4) is 0 Å². The first-order chi connectivity index (χ1) is 33.9. The molecule has 0 saturated heterocycles. The molecule has 404 valence electrons. The van der Waals surface area contributed by atoms with Gasteiger partial charge in [-0.05, 0) is 122 Å². The van der Waals surface area contributed by atoms with E-state index in [9.17, 15) is 61.1 Å². The minimum Gasteiger partial charge on any atom is -0.406 e. The number of hydrogen-bond donors (Lipinski definition) is 1. The van der Waals surface area contributed by atoms with Crippen molar-refractivity contribution in [2.45, 2.75) is 109 Å². The Labute approximate surface area is 421 Å². The molecule has 0 saturated carbocycles. The normalized spacial score (nSPS) is 13.3. The highest BCUT2D eigenvalue weighted by Gasteiger charge is 2.42. The molecule has 6 aromatic rings. The second-order valence-electron chi connectivity index (χ2n) is 17.7. The summed E-state index contributed by atoms with van der Waals surface area (Å²) >= 11 is 0. The summed E-state index contributed by atoms with van der Waals surface area (Å²) in [4.78, 5) is 0. The van der Waals surface area contributed by atoms with E-state index in [4.69, 9.17) is 9.05 Å². The van der Waals surface area contributed by atoms with E-state index in [1.165, 1.54) is 48.5 Å². The Balaban J connectivity index is 0.000000287. The molecule has 0 aliphatic carbocycles. The molecule has 1 N–H and O–H groups in total. The van der Waals surface area contributed by atoms with Gasteiger partial charge < -0.3 is 28.0 Å². The van der Waals surface area contributed by atoms with Crippen molar-refractivity contribution in [1.82, 2.24) is 15.0 Å². The van der Waals surface area contributed by atoms with E-state index in [-0.39, 0.29) is 40.1 Å². The fraction of sp³-hybridized carbons (Fsp3) is 0.354. The Morgan fingerprint density at radius 3 is 1.22 bits per heavy atom. The summed E-state index contributed by atoms with van der Waals surface area (Å²) in [5, 5.41) is 7.46. The minimum absolute atomic E-state index is 0.0681. The third-order valence-electron chi connectivity index (χ3n) is 9.19. The molecule has 0 fully saturated rings. The molecule has 2 aromatic heterocycles. The van der Waals surface area contributed by atoms with Gasteiger partial charge in [0.2, 0.25) is 0 Å². The summed E-state index contributed by atoms with van der Waals surface area (Å²) in [5.41, 5.74) is 0.0531. The number of benzene rings is 4. The molecule has 12 nitrogen and oxygen atoms in total.